The number of fused-ring (bicyclic) bond motifs is 3. The Morgan fingerprint density at radius 3 is 2.75 bits per heavy atom. The highest BCUT2D eigenvalue weighted by Gasteiger charge is 2.34. The molecule has 0 aliphatic carbocycles. The molecule has 0 aromatic heterocycles. The number of rotatable bonds is 3. The van der Waals surface area contributed by atoms with Gasteiger partial charge >= 0.3 is 0 Å². The van der Waals surface area contributed by atoms with E-state index in [9.17, 15) is 4.79 Å². The van der Waals surface area contributed by atoms with Gasteiger partial charge in [-0.15, -0.1) is 12.4 Å². The minimum absolute atomic E-state index is 0. The molecule has 3 aliphatic rings. The topological polar surface area (TPSA) is 50.4 Å². The van der Waals surface area contributed by atoms with Crippen LogP contribution < -0.4 is 15.4 Å². The van der Waals surface area contributed by atoms with E-state index >= 15 is 0 Å². The molecule has 1 aromatic rings. The third-order valence-electron chi connectivity index (χ3n) is 5.41. The normalized spacial score (nSPS) is 30.7. The highest BCUT2D eigenvalue weighted by Crippen LogP contribution is 2.38. The fraction of sp³-hybridized carbons (Fsp3) is 0.611. The van der Waals surface area contributed by atoms with E-state index < -0.39 is 0 Å². The van der Waals surface area contributed by atoms with E-state index in [-0.39, 0.29) is 24.4 Å². The second-order valence-corrected chi connectivity index (χ2v) is 7.50. The lowest BCUT2D eigenvalue weighted by Crippen LogP contribution is -2.40. The van der Waals surface area contributed by atoms with E-state index in [0.717, 1.165) is 30.6 Å². The molecule has 4 nitrogen and oxygen atoms in total. The van der Waals surface area contributed by atoms with Crippen LogP contribution in [0.4, 0.5) is 0 Å². The third kappa shape index (κ3) is 3.66. The van der Waals surface area contributed by atoms with Crippen molar-refractivity contribution in [3.63, 3.8) is 0 Å². The van der Waals surface area contributed by atoms with Gasteiger partial charge in [-0.2, -0.15) is 0 Å². The lowest BCUT2D eigenvalue weighted by Gasteiger charge is -2.30. The summed E-state index contributed by atoms with van der Waals surface area (Å²) in [4.78, 5) is 12.5. The van der Waals surface area contributed by atoms with Crippen molar-refractivity contribution in [3.8, 4) is 5.75 Å². The fourth-order valence-electron chi connectivity index (χ4n) is 4.39. The van der Waals surface area contributed by atoms with Crippen molar-refractivity contribution < 1.29 is 9.53 Å². The molecule has 0 saturated carbocycles. The molecule has 0 spiro atoms. The molecule has 2 saturated heterocycles. The van der Waals surface area contributed by atoms with Gasteiger partial charge in [-0.25, -0.2) is 0 Å². The molecule has 6 heteroatoms. The van der Waals surface area contributed by atoms with Gasteiger partial charge in [-0.3, -0.25) is 4.79 Å². The largest absolute Gasteiger partial charge is 0.492 e. The summed E-state index contributed by atoms with van der Waals surface area (Å²) in [6.07, 6.45) is 6.27. The molecule has 2 bridgehead atoms. The molecule has 24 heavy (non-hydrogen) atoms. The zero-order valence-corrected chi connectivity index (χ0v) is 15.2. The lowest BCUT2D eigenvalue weighted by molar-refractivity contribution is -0.123. The smallest absolute Gasteiger partial charge is 0.220 e. The number of halogens is 2. The number of piperidine rings is 1. The summed E-state index contributed by atoms with van der Waals surface area (Å²) in [5.74, 6) is 1.41. The molecule has 1 amide bonds. The van der Waals surface area contributed by atoms with Gasteiger partial charge in [0.25, 0.3) is 0 Å². The number of carbonyl (C=O) groups is 1. The predicted molar refractivity (Wildman–Crippen MR) is 97.0 cm³/mol. The van der Waals surface area contributed by atoms with Crippen LogP contribution in [0.5, 0.6) is 5.75 Å². The molecule has 4 rings (SSSR count). The van der Waals surface area contributed by atoms with Crippen molar-refractivity contribution in [2.24, 2.45) is 5.92 Å². The van der Waals surface area contributed by atoms with Gasteiger partial charge in [0.1, 0.15) is 5.75 Å². The average molecular weight is 371 g/mol. The zero-order chi connectivity index (χ0) is 15.8. The van der Waals surface area contributed by atoms with Crippen LogP contribution in [0.1, 0.15) is 50.1 Å². The molecule has 3 atom stereocenters. The highest BCUT2D eigenvalue weighted by atomic mass is 35.5. The van der Waals surface area contributed by atoms with Crippen molar-refractivity contribution in [2.45, 2.75) is 56.7 Å². The van der Waals surface area contributed by atoms with Gasteiger partial charge in [-0.05, 0) is 37.7 Å². The molecule has 0 radical (unpaired) electrons. The summed E-state index contributed by atoms with van der Waals surface area (Å²) in [6.45, 7) is 0.596. The van der Waals surface area contributed by atoms with Gasteiger partial charge in [-0.1, -0.05) is 23.7 Å². The SMILES string of the molecule is Cl.O=C(CC1CC2CCC(C1)N2)NC1CCOc2c(Cl)cccc21. The van der Waals surface area contributed by atoms with Gasteiger partial charge in [0.05, 0.1) is 17.7 Å². The first kappa shape index (κ1) is 17.8. The monoisotopic (exact) mass is 370 g/mol. The maximum atomic E-state index is 12.5. The minimum atomic E-state index is 0. The molecular weight excluding hydrogens is 347 g/mol. The molecule has 1 aromatic carbocycles. The van der Waals surface area contributed by atoms with Crippen molar-refractivity contribution in [1.82, 2.24) is 10.6 Å². The van der Waals surface area contributed by atoms with Gasteiger partial charge in [0, 0.05) is 30.5 Å². The van der Waals surface area contributed by atoms with E-state index in [1.54, 1.807) is 0 Å². The summed E-state index contributed by atoms with van der Waals surface area (Å²) in [5.41, 5.74) is 1.00. The van der Waals surface area contributed by atoms with Crippen molar-refractivity contribution >= 4 is 29.9 Å². The molecule has 132 valence electrons. The quantitative estimate of drug-likeness (QED) is 0.853. The summed E-state index contributed by atoms with van der Waals surface area (Å²) in [7, 11) is 0. The van der Waals surface area contributed by atoms with Crippen LogP contribution in [0.3, 0.4) is 0 Å². The summed E-state index contributed by atoms with van der Waals surface area (Å²) in [6, 6.07) is 7.03. The number of benzene rings is 1. The van der Waals surface area contributed by atoms with Crippen LogP contribution in [-0.4, -0.2) is 24.6 Å². The first-order chi connectivity index (χ1) is 11.2. The predicted octanol–water partition coefficient (Wildman–Crippen LogP) is 3.62. The summed E-state index contributed by atoms with van der Waals surface area (Å²) < 4.78 is 5.66. The maximum absolute atomic E-state index is 12.5. The van der Waals surface area contributed by atoms with Crippen LogP contribution in [0.25, 0.3) is 0 Å². The van der Waals surface area contributed by atoms with Crippen LogP contribution in [0, 0.1) is 5.92 Å². The van der Waals surface area contributed by atoms with Gasteiger partial charge in [0.2, 0.25) is 5.91 Å². The van der Waals surface area contributed by atoms with Gasteiger partial charge in [0.15, 0.2) is 0 Å². The Kier molecular flexibility index (Phi) is 5.58. The Morgan fingerprint density at radius 1 is 1.25 bits per heavy atom. The molecule has 3 aliphatic heterocycles. The maximum Gasteiger partial charge on any atom is 0.220 e. The van der Waals surface area contributed by atoms with Gasteiger partial charge < -0.3 is 15.4 Å². The first-order valence-corrected chi connectivity index (χ1v) is 9.03. The number of amides is 1. The van der Waals surface area contributed by atoms with Crippen LogP contribution in [-0.2, 0) is 4.79 Å². The molecule has 2 fully saturated rings. The fourth-order valence-corrected chi connectivity index (χ4v) is 4.63. The number of para-hydroxylation sites is 1. The lowest BCUT2D eigenvalue weighted by atomic mass is 9.89. The van der Waals surface area contributed by atoms with Crippen LogP contribution >= 0.6 is 24.0 Å². The molecular formula is C18H24Cl2N2O2. The zero-order valence-electron chi connectivity index (χ0n) is 13.6. The number of nitrogens with one attached hydrogen (secondary N) is 2. The number of carbonyl (C=O) groups excluding carboxylic acids is 1. The molecule has 2 N–H and O–H groups in total. The second kappa shape index (κ2) is 7.51. The minimum Gasteiger partial charge on any atom is -0.492 e. The van der Waals surface area contributed by atoms with E-state index in [1.165, 1.54) is 12.8 Å². The first-order valence-electron chi connectivity index (χ1n) is 8.65. The number of hydrogen-bond donors (Lipinski definition) is 2. The van der Waals surface area contributed by atoms with E-state index in [2.05, 4.69) is 10.6 Å². The Balaban J connectivity index is 0.00000169. The standard InChI is InChI=1S/C18H23ClN2O2.ClH/c19-15-3-1-2-14-16(6-7-23-18(14)15)21-17(22)10-11-8-12-4-5-13(9-11)20-12;/h1-3,11-13,16,20H,4-10H2,(H,21,22);1H. The van der Waals surface area contributed by atoms with Crippen molar-refractivity contribution in [1.29, 1.82) is 0 Å². The van der Waals surface area contributed by atoms with E-state index in [4.69, 9.17) is 16.3 Å². The van der Waals surface area contributed by atoms with E-state index in [1.807, 2.05) is 18.2 Å². The molecule has 3 heterocycles. The van der Waals surface area contributed by atoms with E-state index in [0.29, 0.717) is 36.1 Å². The molecule has 3 unspecified atom stereocenters. The van der Waals surface area contributed by atoms with Crippen LogP contribution in [0.2, 0.25) is 5.02 Å². The third-order valence-corrected chi connectivity index (χ3v) is 5.70. The Labute approximate surface area is 154 Å². The number of ether oxygens (including phenoxy) is 1. The summed E-state index contributed by atoms with van der Waals surface area (Å²) >= 11 is 6.19. The second-order valence-electron chi connectivity index (χ2n) is 7.09. The Morgan fingerprint density at radius 2 is 2.00 bits per heavy atom. The Bertz CT molecular complexity index is 599. The van der Waals surface area contributed by atoms with Crippen LogP contribution in [0.15, 0.2) is 18.2 Å². The van der Waals surface area contributed by atoms with Crippen molar-refractivity contribution in [2.75, 3.05) is 6.61 Å². The number of hydrogen-bond acceptors (Lipinski definition) is 3. The summed E-state index contributed by atoms with van der Waals surface area (Å²) in [5, 5.41) is 7.45. The Hall–Kier alpha value is -0.970. The average Bonchev–Trinajstić information content (AvgIpc) is 2.87. The van der Waals surface area contributed by atoms with Crippen molar-refractivity contribution in [3.05, 3.63) is 28.8 Å². The highest BCUT2D eigenvalue weighted by molar-refractivity contribution is 6.32.